The first-order chi connectivity index (χ1) is 6.91. The van der Waals surface area contributed by atoms with Crippen molar-refractivity contribution in [2.75, 3.05) is 19.0 Å². The highest BCUT2D eigenvalue weighted by molar-refractivity contribution is 7.80. The van der Waals surface area contributed by atoms with Gasteiger partial charge in [-0.2, -0.15) is 12.6 Å². The van der Waals surface area contributed by atoms with Crippen LogP contribution in [0.3, 0.4) is 0 Å². The van der Waals surface area contributed by atoms with E-state index in [9.17, 15) is 0 Å². The lowest BCUT2D eigenvalue weighted by atomic mass is 10.1. The van der Waals surface area contributed by atoms with Gasteiger partial charge in [0.15, 0.2) is 0 Å². The molecular weight excluding hydrogens is 192 g/mol. The first-order valence-electron chi connectivity index (χ1n) is 6.10. The van der Waals surface area contributed by atoms with Gasteiger partial charge in [0.25, 0.3) is 0 Å². The van der Waals surface area contributed by atoms with Crippen molar-refractivity contribution in [3.63, 3.8) is 0 Å². The van der Waals surface area contributed by atoms with E-state index in [1.165, 1.54) is 51.4 Å². The maximum absolute atomic E-state index is 5.51. The van der Waals surface area contributed by atoms with Crippen LogP contribution in [0.25, 0.3) is 0 Å². The summed E-state index contributed by atoms with van der Waals surface area (Å²) in [6, 6.07) is 0. The first-order valence-corrected chi connectivity index (χ1v) is 6.73. The molecule has 0 unspecified atom stereocenters. The Labute approximate surface area is 95.0 Å². The quantitative estimate of drug-likeness (QED) is 0.406. The summed E-state index contributed by atoms with van der Waals surface area (Å²) >= 11 is 4.16. The van der Waals surface area contributed by atoms with Crippen LogP contribution >= 0.6 is 12.6 Å². The summed E-state index contributed by atoms with van der Waals surface area (Å²) in [5.41, 5.74) is 0. The van der Waals surface area contributed by atoms with Crippen LogP contribution in [0.5, 0.6) is 0 Å². The standard InChI is InChI=1S/C12H26OS/c1-2-3-4-5-6-7-10-13-11-8-9-12-14/h14H,2-12H2,1H3. The molecule has 0 aromatic rings. The fourth-order valence-electron chi connectivity index (χ4n) is 1.40. The molecule has 0 saturated carbocycles. The SMILES string of the molecule is CCCCCCCCOCCCCS. The second kappa shape index (κ2) is 13.3. The summed E-state index contributed by atoms with van der Waals surface area (Å²) in [6.45, 7) is 4.14. The molecule has 0 aliphatic rings. The van der Waals surface area contributed by atoms with E-state index in [0.717, 1.165) is 19.0 Å². The van der Waals surface area contributed by atoms with Gasteiger partial charge in [0.1, 0.15) is 0 Å². The van der Waals surface area contributed by atoms with Crippen LogP contribution < -0.4 is 0 Å². The number of unbranched alkanes of at least 4 members (excludes halogenated alkanes) is 6. The molecule has 0 spiro atoms. The molecule has 0 aromatic carbocycles. The van der Waals surface area contributed by atoms with Crippen LogP contribution in [0.1, 0.15) is 58.3 Å². The summed E-state index contributed by atoms with van der Waals surface area (Å²) in [5.74, 6) is 0.986. The van der Waals surface area contributed by atoms with Crippen LogP contribution in [-0.4, -0.2) is 19.0 Å². The minimum atomic E-state index is 0.926. The molecule has 0 radical (unpaired) electrons. The van der Waals surface area contributed by atoms with E-state index in [-0.39, 0.29) is 0 Å². The van der Waals surface area contributed by atoms with E-state index < -0.39 is 0 Å². The largest absolute Gasteiger partial charge is 0.381 e. The van der Waals surface area contributed by atoms with E-state index in [1.807, 2.05) is 0 Å². The van der Waals surface area contributed by atoms with Gasteiger partial charge in [-0.1, -0.05) is 39.0 Å². The summed E-state index contributed by atoms with van der Waals surface area (Å²) in [6.07, 6.45) is 10.4. The molecule has 0 fully saturated rings. The van der Waals surface area contributed by atoms with Gasteiger partial charge in [-0.05, 0) is 25.0 Å². The molecule has 86 valence electrons. The van der Waals surface area contributed by atoms with Crippen molar-refractivity contribution < 1.29 is 4.74 Å². The highest BCUT2D eigenvalue weighted by Crippen LogP contribution is 2.05. The minimum Gasteiger partial charge on any atom is -0.381 e. The van der Waals surface area contributed by atoms with Crippen molar-refractivity contribution in [1.29, 1.82) is 0 Å². The Bertz CT molecular complexity index is 84.3. The van der Waals surface area contributed by atoms with Gasteiger partial charge < -0.3 is 4.74 Å². The molecule has 0 amide bonds. The van der Waals surface area contributed by atoms with E-state index >= 15 is 0 Å². The lowest BCUT2D eigenvalue weighted by molar-refractivity contribution is 0.127. The Morgan fingerprint density at radius 2 is 1.36 bits per heavy atom. The van der Waals surface area contributed by atoms with Crippen LogP contribution in [-0.2, 0) is 4.74 Å². The van der Waals surface area contributed by atoms with E-state index in [0.29, 0.717) is 0 Å². The van der Waals surface area contributed by atoms with Gasteiger partial charge in [-0.25, -0.2) is 0 Å². The molecule has 0 aliphatic heterocycles. The normalized spacial score (nSPS) is 10.7. The van der Waals surface area contributed by atoms with Crippen LogP contribution in [0, 0.1) is 0 Å². The lowest BCUT2D eigenvalue weighted by Gasteiger charge is -2.03. The van der Waals surface area contributed by atoms with Gasteiger partial charge >= 0.3 is 0 Å². The molecule has 0 heterocycles. The molecule has 0 bridgehead atoms. The van der Waals surface area contributed by atoms with Crippen molar-refractivity contribution in [1.82, 2.24) is 0 Å². The zero-order valence-electron chi connectivity index (χ0n) is 9.63. The minimum absolute atomic E-state index is 0.926. The van der Waals surface area contributed by atoms with E-state index in [4.69, 9.17) is 4.74 Å². The van der Waals surface area contributed by atoms with Crippen molar-refractivity contribution in [2.24, 2.45) is 0 Å². The van der Waals surface area contributed by atoms with Crippen LogP contribution in [0.15, 0.2) is 0 Å². The number of hydrogen-bond donors (Lipinski definition) is 1. The zero-order chi connectivity index (χ0) is 10.5. The maximum Gasteiger partial charge on any atom is 0.0466 e. The Balaban J connectivity index is 2.78. The average Bonchev–Trinajstić information content (AvgIpc) is 2.21. The number of hydrogen-bond acceptors (Lipinski definition) is 2. The zero-order valence-corrected chi connectivity index (χ0v) is 10.5. The summed E-state index contributed by atoms with van der Waals surface area (Å²) in [4.78, 5) is 0. The topological polar surface area (TPSA) is 9.23 Å². The third kappa shape index (κ3) is 12.3. The fraction of sp³-hybridized carbons (Fsp3) is 1.00. The third-order valence-electron chi connectivity index (χ3n) is 2.34. The van der Waals surface area contributed by atoms with Gasteiger partial charge in [-0.15, -0.1) is 0 Å². The lowest BCUT2D eigenvalue weighted by Crippen LogP contribution is -1.97. The number of ether oxygens (including phenoxy) is 1. The maximum atomic E-state index is 5.51. The highest BCUT2D eigenvalue weighted by atomic mass is 32.1. The molecule has 0 aromatic heterocycles. The van der Waals surface area contributed by atoms with Crippen LogP contribution in [0.2, 0.25) is 0 Å². The van der Waals surface area contributed by atoms with Crippen molar-refractivity contribution in [3.05, 3.63) is 0 Å². The molecule has 14 heavy (non-hydrogen) atoms. The Hall–Kier alpha value is 0.310. The highest BCUT2D eigenvalue weighted by Gasteiger charge is 1.91. The van der Waals surface area contributed by atoms with Crippen molar-refractivity contribution in [3.8, 4) is 0 Å². The predicted molar refractivity (Wildman–Crippen MR) is 67.3 cm³/mol. The smallest absolute Gasteiger partial charge is 0.0466 e. The number of thiol groups is 1. The van der Waals surface area contributed by atoms with Crippen molar-refractivity contribution >= 4 is 12.6 Å². The monoisotopic (exact) mass is 218 g/mol. The van der Waals surface area contributed by atoms with E-state index in [1.54, 1.807) is 0 Å². The second-order valence-corrected chi connectivity index (χ2v) is 4.26. The predicted octanol–water partition coefficient (Wildman–Crippen LogP) is 4.07. The second-order valence-electron chi connectivity index (χ2n) is 3.81. The molecule has 0 N–H and O–H groups in total. The molecule has 1 nitrogen and oxygen atoms in total. The molecular formula is C12H26OS. The van der Waals surface area contributed by atoms with Crippen LogP contribution in [0.4, 0.5) is 0 Å². The molecule has 0 saturated heterocycles. The molecule has 0 aliphatic carbocycles. The van der Waals surface area contributed by atoms with Gasteiger partial charge in [0.2, 0.25) is 0 Å². The van der Waals surface area contributed by atoms with Gasteiger partial charge in [-0.3, -0.25) is 0 Å². The summed E-state index contributed by atoms with van der Waals surface area (Å²) < 4.78 is 5.51. The van der Waals surface area contributed by atoms with E-state index in [2.05, 4.69) is 19.6 Å². The molecule has 0 atom stereocenters. The van der Waals surface area contributed by atoms with Gasteiger partial charge in [0.05, 0.1) is 0 Å². The summed E-state index contributed by atoms with van der Waals surface area (Å²) in [7, 11) is 0. The molecule has 0 rings (SSSR count). The Kier molecular flexibility index (Phi) is 13.6. The Morgan fingerprint density at radius 3 is 2.00 bits per heavy atom. The average molecular weight is 218 g/mol. The summed E-state index contributed by atoms with van der Waals surface area (Å²) in [5, 5.41) is 0. The number of rotatable bonds is 11. The molecule has 2 heteroatoms. The van der Waals surface area contributed by atoms with Gasteiger partial charge in [0, 0.05) is 13.2 Å². The first kappa shape index (κ1) is 14.3. The third-order valence-corrected chi connectivity index (χ3v) is 2.66. The van der Waals surface area contributed by atoms with Crippen molar-refractivity contribution in [2.45, 2.75) is 58.3 Å². The fourth-order valence-corrected chi connectivity index (χ4v) is 1.63. The Morgan fingerprint density at radius 1 is 0.786 bits per heavy atom.